The van der Waals surface area contributed by atoms with Crippen LogP contribution in [0.2, 0.25) is 0 Å². The summed E-state index contributed by atoms with van der Waals surface area (Å²) in [5.41, 5.74) is -1.34. The molecule has 0 aliphatic rings. The molecule has 1 N–H and O–H groups in total. The Morgan fingerprint density at radius 3 is 2.50 bits per heavy atom. The zero-order chi connectivity index (χ0) is 12.3. The van der Waals surface area contributed by atoms with Gasteiger partial charge < -0.3 is 9.47 Å². The third-order valence-electron chi connectivity index (χ3n) is 1.63. The first kappa shape index (κ1) is 12.3. The van der Waals surface area contributed by atoms with Gasteiger partial charge in [0.25, 0.3) is 5.56 Å². The van der Waals surface area contributed by atoms with Crippen LogP contribution in [0, 0.1) is 0 Å². The van der Waals surface area contributed by atoms with Crippen molar-refractivity contribution < 1.29 is 27.0 Å². The number of halogens is 4. The Kier molecular flexibility index (Phi) is 3.41. The Labute approximate surface area is 86.8 Å². The van der Waals surface area contributed by atoms with Gasteiger partial charge in [-0.15, -0.1) is 13.2 Å². The number of rotatable bonds is 3. The van der Waals surface area contributed by atoms with E-state index in [2.05, 4.69) is 9.47 Å². The Bertz CT molecular complexity index is 426. The maximum Gasteiger partial charge on any atom is 0.574 e. The highest BCUT2D eigenvalue weighted by Crippen LogP contribution is 2.29. The summed E-state index contributed by atoms with van der Waals surface area (Å²) in [5, 5.41) is 0. The lowest BCUT2D eigenvalue weighted by atomic mass is 10.3. The topological polar surface area (TPSA) is 51.3 Å². The number of hydrogen-bond acceptors (Lipinski definition) is 3. The average Bonchev–Trinajstić information content (AvgIpc) is 2.16. The van der Waals surface area contributed by atoms with Gasteiger partial charge in [-0.1, -0.05) is 0 Å². The highest BCUT2D eigenvalue weighted by atomic mass is 19.4. The van der Waals surface area contributed by atoms with Gasteiger partial charge in [-0.2, -0.15) is 0 Å². The number of H-pyrrole nitrogens is 1. The second-order valence-corrected chi connectivity index (χ2v) is 2.70. The van der Waals surface area contributed by atoms with Crippen LogP contribution in [0.1, 0.15) is 5.56 Å². The van der Waals surface area contributed by atoms with Crippen molar-refractivity contribution in [3.63, 3.8) is 0 Å². The molecule has 0 aliphatic carbocycles. The number of pyridine rings is 1. The van der Waals surface area contributed by atoms with Crippen molar-refractivity contribution in [2.75, 3.05) is 7.11 Å². The molecule has 0 fully saturated rings. The molecule has 0 amide bonds. The predicted octanol–water partition coefficient (Wildman–Crippen LogP) is 1.75. The van der Waals surface area contributed by atoms with E-state index in [4.69, 9.17) is 0 Å². The number of aromatic nitrogens is 1. The molecule has 0 bridgehead atoms. The molecular weight excluding hydrogens is 234 g/mol. The van der Waals surface area contributed by atoms with Crippen molar-refractivity contribution in [3.05, 3.63) is 22.0 Å². The summed E-state index contributed by atoms with van der Waals surface area (Å²) in [6.45, 7) is -1.11. The molecule has 0 unspecified atom stereocenters. The Balaban J connectivity index is 3.19. The normalized spacial score (nSPS) is 11.3. The zero-order valence-corrected chi connectivity index (χ0v) is 8.02. The van der Waals surface area contributed by atoms with Crippen molar-refractivity contribution in [2.45, 2.75) is 13.0 Å². The lowest BCUT2D eigenvalue weighted by molar-refractivity contribution is -0.276. The van der Waals surface area contributed by atoms with Crippen LogP contribution in [0.5, 0.6) is 11.6 Å². The van der Waals surface area contributed by atoms with Crippen LogP contribution >= 0.6 is 0 Å². The highest BCUT2D eigenvalue weighted by Gasteiger charge is 2.33. The second kappa shape index (κ2) is 4.42. The van der Waals surface area contributed by atoms with E-state index in [0.717, 1.165) is 13.2 Å². The maximum atomic E-state index is 12.2. The molecule has 4 nitrogen and oxygen atoms in total. The number of methoxy groups -OCH3 is 1. The predicted molar refractivity (Wildman–Crippen MR) is 45.1 cm³/mol. The highest BCUT2D eigenvalue weighted by molar-refractivity contribution is 5.36. The quantitative estimate of drug-likeness (QED) is 0.820. The van der Waals surface area contributed by atoms with E-state index in [-0.39, 0.29) is 5.56 Å². The second-order valence-electron chi connectivity index (χ2n) is 2.70. The van der Waals surface area contributed by atoms with Gasteiger partial charge in [0.2, 0.25) is 5.88 Å². The average molecular weight is 241 g/mol. The molecule has 1 rings (SSSR count). The molecule has 1 aromatic heterocycles. The van der Waals surface area contributed by atoms with Crippen molar-refractivity contribution in [1.82, 2.24) is 4.98 Å². The molecule has 90 valence electrons. The zero-order valence-electron chi connectivity index (χ0n) is 8.02. The number of ether oxygens (including phenoxy) is 2. The lowest BCUT2D eigenvalue weighted by Gasteiger charge is -2.12. The van der Waals surface area contributed by atoms with Crippen molar-refractivity contribution in [3.8, 4) is 11.6 Å². The summed E-state index contributed by atoms with van der Waals surface area (Å²) in [6, 6.07) is 0.847. The lowest BCUT2D eigenvalue weighted by Crippen LogP contribution is -2.22. The molecule has 0 spiro atoms. The van der Waals surface area contributed by atoms with Gasteiger partial charge in [0.1, 0.15) is 6.67 Å². The van der Waals surface area contributed by atoms with E-state index in [1.807, 2.05) is 0 Å². The van der Waals surface area contributed by atoms with Crippen LogP contribution in [0.4, 0.5) is 17.6 Å². The molecular formula is C8H7F4NO3. The standard InChI is InChI=1S/C8H7F4NO3/c1-15-5-2-4(3-9)6(14)13-7(5)16-8(10,11)12/h2H,3H2,1H3,(H,13,14). The van der Waals surface area contributed by atoms with Crippen molar-refractivity contribution >= 4 is 0 Å². The van der Waals surface area contributed by atoms with Crippen molar-refractivity contribution in [2.24, 2.45) is 0 Å². The van der Waals surface area contributed by atoms with Gasteiger partial charge in [0.15, 0.2) is 5.75 Å². The van der Waals surface area contributed by atoms with Gasteiger partial charge >= 0.3 is 6.36 Å². The fourth-order valence-electron chi connectivity index (χ4n) is 0.977. The molecule has 8 heteroatoms. The van der Waals surface area contributed by atoms with E-state index < -0.39 is 30.2 Å². The number of nitrogens with one attached hydrogen (secondary N) is 1. The third kappa shape index (κ3) is 2.88. The van der Waals surface area contributed by atoms with Crippen LogP contribution in [0.15, 0.2) is 10.9 Å². The Morgan fingerprint density at radius 1 is 1.44 bits per heavy atom. The smallest absolute Gasteiger partial charge is 0.491 e. The van der Waals surface area contributed by atoms with E-state index in [1.165, 1.54) is 0 Å². The minimum atomic E-state index is -4.96. The third-order valence-corrected chi connectivity index (χ3v) is 1.63. The number of alkyl halides is 4. The van der Waals surface area contributed by atoms with Gasteiger partial charge in [0.05, 0.1) is 12.7 Å². The first-order valence-electron chi connectivity index (χ1n) is 3.99. The van der Waals surface area contributed by atoms with Crippen LogP contribution in [0.3, 0.4) is 0 Å². The molecule has 1 aromatic rings. The fraction of sp³-hybridized carbons (Fsp3) is 0.375. The molecule has 1 heterocycles. The van der Waals surface area contributed by atoms with Gasteiger partial charge in [-0.3, -0.25) is 9.78 Å². The molecule has 0 radical (unpaired) electrons. The summed E-state index contributed by atoms with van der Waals surface area (Å²) in [6.07, 6.45) is -4.96. The summed E-state index contributed by atoms with van der Waals surface area (Å²) in [5.74, 6) is -1.30. The largest absolute Gasteiger partial charge is 0.574 e. The monoisotopic (exact) mass is 241 g/mol. The van der Waals surface area contributed by atoms with Crippen LogP contribution in [0.25, 0.3) is 0 Å². The summed E-state index contributed by atoms with van der Waals surface area (Å²) < 4.78 is 56.0. The molecule has 0 aliphatic heterocycles. The van der Waals surface area contributed by atoms with E-state index in [1.54, 1.807) is 4.98 Å². The molecule has 0 atom stereocenters. The summed E-state index contributed by atoms with van der Waals surface area (Å²) in [4.78, 5) is 12.8. The summed E-state index contributed by atoms with van der Waals surface area (Å²) in [7, 11) is 1.07. The fourth-order valence-corrected chi connectivity index (χ4v) is 0.977. The number of hydrogen-bond donors (Lipinski definition) is 1. The molecule has 0 aromatic carbocycles. The first-order valence-corrected chi connectivity index (χ1v) is 3.99. The van der Waals surface area contributed by atoms with Crippen molar-refractivity contribution in [1.29, 1.82) is 0 Å². The van der Waals surface area contributed by atoms with Crippen LogP contribution in [-0.2, 0) is 6.67 Å². The molecule has 16 heavy (non-hydrogen) atoms. The minimum absolute atomic E-state index is 0.341. The maximum absolute atomic E-state index is 12.2. The number of aromatic amines is 1. The molecule has 0 saturated carbocycles. The summed E-state index contributed by atoms with van der Waals surface area (Å²) >= 11 is 0. The van der Waals surface area contributed by atoms with E-state index >= 15 is 0 Å². The van der Waals surface area contributed by atoms with Gasteiger partial charge in [-0.05, 0) is 6.07 Å². The van der Waals surface area contributed by atoms with Gasteiger partial charge in [-0.25, -0.2) is 4.39 Å². The molecule has 0 saturated heterocycles. The van der Waals surface area contributed by atoms with Gasteiger partial charge in [0, 0.05) is 0 Å². The minimum Gasteiger partial charge on any atom is -0.491 e. The SMILES string of the molecule is COc1cc(CF)c(=O)[nH]c1OC(F)(F)F. The first-order chi connectivity index (χ1) is 7.37. The van der Waals surface area contributed by atoms with Crippen LogP contribution < -0.4 is 15.0 Å². The Morgan fingerprint density at radius 2 is 2.06 bits per heavy atom. The van der Waals surface area contributed by atoms with E-state index in [0.29, 0.717) is 0 Å². The Hall–Kier alpha value is -1.73. The van der Waals surface area contributed by atoms with Crippen LogP contribution in [-0.4, -0.2) is 18.5 Å². The van der Waals surface area contributed by atoms with E-state index in [9.17, 15) is 22.4 Å².